The molecular formula is C22H21N5O5. The molecule has 1 aromatic carbocycles. The monoisotopic (exact) mass is 435 g/mol. The van der Waals surface area contributed by atoms with Gasteiger partial charge in [-0.05, 0) is 55.5 Å². The highest BCUT2D eigenvalue weighted by atomic mass is 16.5. The molecule has 0 spiro atoms. The third-order valence-electron chi connectivity index (χ3n) is 6.01. The number of piperidine rings is 1. The molecule has 4 amide bonds. The molecule has 10 nitrogen and oxygen atoms in total. The van der Waals surface area contributed by atoms with Crippen molar-refractivity contribution < 1.29 is 23.9 Å². The molecule has 10 heteroatoms. The van der Waals surface area contributed by atoms with Gasteiger partial charge in [-0.1, -0.05) is 0 Å². The van der Waals surface area contributed by atoms with E-state index in [-0.39, 0.29) is 49.0 Å². The van der Waals surface area contributed by atoms with Crippen LogP contribution in [-0.2, 0) is 16.1 Å². The fraction of sp³-hybridized carbons (Fsp3) is 0.364. The van der Waals surface area contributed by atoms with Crippen LogP contribution >= 0.6 is 0 Å². The Hall–Kier alpha value is -3.82. The lowest BCUT2D eigenvalue weighted by atomic mass is 9.96. The van der Waals surface area contributed by atoms with Gasteiger partial charge in [-0.2, -0.15) is 0 Å². The molecule has 1 saturated carbocycles. The number of carbonyl (C=O) groups excluding carboxylic acids is 4. The number of aromatic nitrogens is 2. The van der Waals surface area contributed by atoms with Crippen molar-refractivity contribution in [2.24, 2.45) is 0 Å². The molecule has 1 atom stereocenters. The number of hydrogen-bond donors (Lipinski definition) is 2. The maximum absolute atomic E-state index is 12.8. The second kappa shape index (κ2) is 8.03. The van der Waals surface area contributed by atoms with Gasteiger partial charge in [0, 0.05) is 30.2 Å². The first-order chi connectivity index (χ1) is 15.5. The van der Waals surface area contributed by atoms with Gasteiger partial charge in [0.25, 0.3) is 11.8 Å². The zero-order chi connectivity index (χ0) is 22.2. The van der Waals surface area contributed by atoms with Gasteiger partial charge in [0.2, 0.25) is 17.7 Å². The summed E-state index contributed by atoms with van der Waals surface area (Å²) < 4.78 is 5.66. The topological polar surface area (TPSA) is 131 Å². The zero-order valence-corrected chi connectivity index (χ0v) is 17.2. The SMILES string of the molecule is O=C1CCC(N2Cc3cc(C(=O)Nc4ccc(OC5CCC5)nn4)ccc3C2=O)C(=O)N1. The predicted octanol–water partition coefficient (Wildman–Crippen LogP) is 1.42. The first kappa shape index (κ1) is 20.1. The molecule has 1 saturated heterocycles. The average Bonchev–Trinajstić information content (AvgIpc) is 3.07. The molecule has 2 aromatic rings. The molecule has 32 heavy (non-hydrogen) atoms. The normalized spacial score (nSPS) is 20.4. The molecule has 5 rings (SSSR count). The number of nitrogens with one attached hydrogen (secondary N) is 2. The van der Waals surface area contributed by atoms with E-state index in [9.17, 15) is 19.2 Å². The van der Waals surface area contributed by atoms with Gasteiger partial charge < -0.3 is 15.0 Å². The Morgan fingerprint density at radius 3 is 2.62 bits per heavy atom. The summed E-state index contributed by atoms with van der Waals surface area (Å²) in [4.78, 5) is 50.4. The van der Waals surface area contributed by atoms with E-state index in [0.29, 0.717) is 22.6 Å². The number of nitrogens with zero attached hydrogens (tertiary/aromatic N) is 3. The largest absolute Gasteiger partial charge is 0.473 e. The van der Waals surface area contributed by atoms with Crippen molar-refractivity contribution in [3.63, 3.8) is 0 Å². The van der Waals surface area contributed by atoms with E-state index in [0.717, 1.165) is 19.3 Å². The van der Waals surface area contributed by atoms with E-state index in [1.807, 2.05) is 0 Å². The number of carbonyl (C=O) groups is 4. The molecule has 164 valence electrons. The van der Waals surface area contributed by atoms with Crippen LogP contribution < -0.4 is 15.4 Å². The Morgan fingerprint density at radius 2 is 1.94 bits per heavy atom. The molecule has 2 N–H and O–H groups in total. The number of fused-ring (bicyclic) bond motifs is 1. The van der Waals surface area contributed by atoms with E-state index in [4.69, 9.17) is 4.74 Å². The third kappa shape index (κ3) is 3.79. The van der Waals surface area contributed by atoms with Gasteiger partial charge in [-0.15, -0.1) is 10.2 Å². The summed E-state index contributed by atoms with van der Waals surface area (Å²) in [6.07, 6.45) is 3.86. The van der Waals surface area contributed by atoms with Crippen LogP contribution in [0.2, 0.25) is 0 Å². The van der Waals surface area contributed by atoms with Crippen molar-refractivity contribution in [2.75, 3.05) is 5.32 Å². The Kier molecular flexibility index (Phi) is 5.04. The van der Waals surface area contributed by atoms with Crippen molar-refractivity contribution in [1.29, 1.82) is 0 Å². The number of hydrogen-bond acceptors (Lipinski definition) is 7. The molecule has 3 heterocycles. The van der Waals surface area contributed by atoms with E-state index >= 15 is 0 Å². The zero-order valence-electron chi connectivity index (χ0n) is 17.2. The molecule has 2 aliphatic heterocycles. The Morgan fingerprint density at radius 1 is 1.09 bits per heavy atom. The first-order valence-corrected chi connectivity index (χ1v) is 10.6. The quantitative estimate of drug-likeness (QED) is 0.679. The molecule has 1 unspecified atom stereocenters. The number of anilines is 1. The lowest BCUT2D eigenvalue weighted by molar-refractivity contribution is -0.136. The van der Waals surface area contributed by atoms with E-state index in [2.05, 4.69) is 20.8 Å². The van der Waals surface area contributed by atoms with Crippen LogP contribution in [0.5, 0.6) is 5.88 Å². The summed E-state index contributed by atoms with van der Waals surface area (Å²) >= 11 is 0. The molecule has 1 aromatic heterocycles. The van der Waals surface area contributed by atoms with Crippen molar-refractivity contribution >= 4 is 29.4 Å². The van der Waals surface area contributed by atoms with Crippen molar-refractivity contribution in [1.82, 2.24) is 20.4 Å². The molecule has 2 fully saturated rings. The highest BCUT2D eigenvalue weighted by Gasteiger charge is 2.39. The molecule has 3 aliphatic rings. The summed E-state index contributed by atoms with van der Waals surface area (Å²) in [5.41, 5.74) is 1.46. The van der Waals surface area contributed by atoms with Gasteiger partial charge in [0.05, 0.1) is 0 Å². The van der Waals surface area contributed by atoms with Crippen LogP contribution in [0, 0.1) is 0 Å². The minimum Gasteiger partial charge on any atom is -0.473 e. The van der Waals surface area contributed by atoms with E-state index < -0.39 is 11.9 Å². The van der Waals surface area contributed by atoms with E-state index in [1.165, 1.54) is 4.90 Å². The molecule has 0 bridgehead atoms. The third-order valence-corrected chi connectivity index (χ3v) is 6.01. The number of ether oxygens (including phenoxy) is 1. The van der Waals surface area contributed by atoms with Crippen molar-refractivity contribution in [3.05, 3.63) is 47.0 Å². The van der Waals surface area contributed by atoms with Gasteiger partial charge in [-0.3, -0.25) is 24.5 Å². The van der Waals surface area contributed by atoms with Crippen LogP contribution in [0.3, 0.4) is 0 Å². The van der Waals surface area contributed by atoms with Gasteiger partial charge in [-0.25, -0.2) is 0 Å². The summed E-state index contributed by atoms with van der Waals surface area (Å²) in [5, 5.41) is 12.9. The Balaban J connectivity index is 1.25. The lowest BCUT2D eigenvalue weighted by Crippen LogP contribution is -2.52. The first-order valence-electron chi connectivity index (χ1n) is 10.6. The smallest absolute Gasteiger partial charge is 0.256 e. The second-order valence-corrected chi connectivity index (χ2v) is 8.15. The van der Waals surface area contributed by atoms with Crippen molar-refractivity contribution in [2.45, 2.75) is 50.8 Å². The average molecular weight is 435 g/mol. The fourth-order valence-electron chi connectivity index (χ4n) is 4.01. The standard InChI is InChI=1S/C22H21N5O5/c28-18-8-6-16(21(30)24-18)27-11-13-10-12(4-5-15(13)22(27)31)20(29)23-17-7-9-19(26-25-17)32-14-2-1-3-14/h4-5,7,9-10,14,16H,1-3,6,8,11H2,(H,23,25,29)(H,24,28,30). The highest BCUT2D eigenvalue weighted by molar-refractivity contribution is 6.07. The number of amides is 4. The molecular weight excluding hydrogens is 414 g/mol. The lowest BCUT2D eigenvalue weighted by Gasteiger charge is -2.29. The summed E-state index contributed by atoms with van der Waals surface area (Å²) in [7, 11) is 0. The minimum absolute atomic E-state index is 0.190. The number of benzene rings is 1. The Bertz CT molecular complexity index is 1110. The second-order valence-electron chi connectivity index (χ2n) is 8.15. The molecule has 1 aliphatic carbocycles. The van der Waals surface area contributed by atoms with Gasteiger partial charge >= 0.3 is 0 Å². The van der Waals surface area contributed by atoms with Crippen LogP contribution in [0.4, 0.5) is 5.82 Å². The van der Waals surface area contributed by atoms with Crippen LogP contribution in [0.25, 0.3) is 0 Å². The van der Waals surface area contributed by atoms with Gasteiger partial charge in [0.1, 0.15) is 12.1 Å². The predicted molar refractivity (Wildman–Crippen MR) is 111 cm³/mol. The maximum Gasteiger partial charge on any atom is 0.256 e. The van der Waals surface area contributed by atoms with Crippen LogP contribution in [0.15, 0.2) is 30.3 Å². The number of imide groups is 1. The summed E-state index contributed by atoms with van der Waals surface area (Å²) in [6, 6.07) is 7.37. The molecule has 0 radical (unpaired) electrons. The summed E-state index contributed by atoms with van der Waals surface area (Å²) in [5.74, 6) is -0.755. The highest BCUT2D eigenvalue weighted by Crippen LogP contribution is 2.28. The Labute approximate surface area is 183 Å². The van der Waals surface area contributed by atoms with E-state index in [1.54, 1.807) is 30.3 Å². The minimum atomic E-state index is -0.694. The summed E-state index contributed by atoms with van der Waals surface area (Å²) in [6.45, 7) is 0.203. The van der Waals surface area contributed by atoms with Crippen molar-refractivity contribution in [3.8, 4) is 5.88 Å². The van der Waals surface area contributed by atoms with Crippen LogP contribution in [0.1, 0.15) is 58.4 Å². The van der Waals surface area contributed by atoms with Crippen LogP contribution in [-0.4, -0.2) is 50.9 Å². The van der Waals surface area contributed by atoms with Gasteiger partial charge in [0.15, 0.2) is 5.82 Å². The number of rotatable bonds is 5. The fourth-order valence-corrected chi connectivity index (χ4v) is 4.01. The maximum atomic E-state index is 12.8.